The first-order valence-corrected chi connectivity index (χ1v) is 6.53. The van der Waals surface area contributed by atoms with E-state index < -0.39 is 0 Å². The minimum Gasteiger partial charge on any atom is -0.504 e. The zero-order chi connectivity index (χ0) is 14.4. The Morgan fingerprint density at radius 3 is 2.65 bits per heavy atom. The van der Waals surface area contributed by atoms with E-state index in [9.17, 15) is 5.11 Å². The molecule has 2 N–H and O–H groups in total. The lowest BCUT2D eigenvalue weighted by Gasteiger charge is -2.12. The lowest BCUT2D eigenvalue weighted by Crippen LogP contribution is -2.01. The van der Waals surface area contributed by atoms with Crippen molar-refractivity contribution < 1.29 is 9.84 Å². The molecule has 0 aliphatic heterocycles. The van der Waals surface area contributed by atoms with E-state index in [0.29, 0.717) is 18.7 Å². The SMILES string of the molecule is C=CCc1cc(CNc2ccccc2)cc(OC)c1O. The highest BCUT2D eigenvalue weighted by Crippen LogP contribution is 2.32. The number of nitrogens with one attached hydrogen (secondary N) is 1. The largest absolute Gasteiger partial charge is 0.504 e. The minimum absolute atomic E-state index is 0.191. The van der Waals surface area contributed by atoms with E-state index >= 15 is 0 Å². The maximum absolute atomic E-state index is 10.0. The van der Waals surface area contributed by atoms with Gasteiger partial charge < -0.3 is 15.2 Å². The standard InChI is InChI=1S/C17H19NO2/c1-3-7-14-10-13(11-16(20-2)17(14)19)12-18-15-8-5-4-6-9-15/h3-6,8-11,18-19H,1,7,12H2,2H3. The quantitative estimate of drug-likeness (QED) is 0.785. The average molecular weight is 269 g/mol. The zero-order valence-corrected chi connectivity index (χ0v) is 11.6. The Balaban J connectivity index is 2.18. The number of ether oxygens (including phenoxy) is 1. The summed E-state index contributed by atoms with van der Waals surface area (Å²) in [4.78, 5) is 0. The van der Waals surface area contributed by atoms with Crippen molar-refractivity contribution in [3.8, 4) is 11.5 Å². The number of anilines is 1. The second-order valence-corrected chi connectivity index (χ2v) is 4.52. The van der Waals surface area contributed by atoms with Gasteiger partial charge in [-0.2, -0.15) is 0 Å². The van der Waals surface area contributed by atoms with Gasteiger partial charge in [-0.3, -0.25) is 0 Å². The smallest absolute Gasteiger partial charge is 0.161 e. The molecule has 0 aromatic heterocycles. The van der Waals surface area contributed by atoms with Gasteiger partial charge in [-0.05, 0) is 36.2 Å². The highest BCUT2D eigenvalue weighted by Gasteiger charge is 2.09. The summed E-state index contributed by atoms with van der Waals surface area (Å²) in [5.74, 6) is 0.685. The molecule has 2 aromatic carbocycles. The van der Waals surface area contributed by atoms with Crippen molar-refractivity contribution in [1.29, 1.82) is 0 Å². The van der Waals surface area contributed by atoms with Gasteiger partial charge >= 0.3 is 0 Å². The molecular weight excluding hydrogens is 250 g/mol. The molecule has 3 nitrogen and oxygen atoms in total. The van der Waals surface area contributed by atoms with Crippen LogP contribution in [0.2, 0.25) is 0 Å². The fourth-order valence-corrected chi connectivity index (χ4v) is 2.06. The summed E-state index contributed by atoms with van der Waals surface area (Å²) >= 11 is 0. The van der Waals surface area contributed by atoms with Gasteiger partial charge in [-0.15, -0.1) is 6.58 Å². The third-order valence-electron chi connectivity index (χ3n) is 3.07. The molecule has 0 radical (unpaired) electrons. The molecule has 0 fully saturated rings. The van der Waals surface area contributed by atoms with Crippen LogP contribution < -0.4 is 10.1 Å². The highest BCUT2D eigenvalue weighted by atomic mass is 16.5. The normalized spacial score (nSPS) is 10.1. The summed E-state index contributed by atoms with van der Waals surface area (Å²) in [6.45, 7) is 4.38. The van der Waals surface area contributed by atoms with Crippen LogP contribution in [0.3, 0.4) is 0 Å². The summed E-state index contributed by atoms with van der Waals surface area (Å²) in [5.41, 5.74) is 2.94. The Kier molecular flexibility index (Phi) is 4.66. The second kappa shape index (κ2) is 6.66. The van der Waals surface area contributed by atoms with Crippen LogP contribution in [0.4, 0.5) is 5.69 Å². The van der Waals surface area contributed by atoms with Gasteiger partial charge in [0.05, 0.1) is 7.11 Å². The van der Waals surface area contributed by atoms with Crippen LogP contribution in [0.1, 0.15) is 11.1 Å². The number of phenolic OH excluding ortho intramolecular Hbond substituents is 1. The third-order valence-corrected chi connectivity index (χ3v) is 3.07. The summed E-state index contributed by atoms with van der Waals surface area (Å²) in [6.07, 6.45) is 2.38. The predicted molar refractivity (Wildman–Crippen MR) is 82.3 cm³/mol. The topological polar surface area (TPSA) is 41.5 Å². The van der Waals surface area contributed by atoms with E-state index in [2.05, 4.69) is 11.9 Å². The van der Waals surface area contributed by atoms with Crippen molar-refractivity contribution in [2.45, 2.75) is 13.0 Å². The van der Waals surface area contributed by atoms with Crippen molar-refractivity contribution in [3.63, 3.8) is 0 Å². The van der Waals surface area contributed by atoms with E-state index in [1.54, 1.807) is 13.2 Å². The Morgan fingerprint density at radius 2 is 2.00 bits per heavy atom. The van der Waals surface area contributed by atoms with Gasteiger partial charge in [0.1, 0.15) is 0 Å². The number of hydrogen-bond acceptors (Lipinski definition) is 3. The van der Waals surface area contributed by atoms with Gasteiger partial charge in [0.25, 0.3) is 0 Å². The van der Waals surface area contributed by atoms with Gasteiger partial charge in [-0.1, -0.05) is 24.3 Å². The minimum atomic E-state index is 0.191. The number of rotatable bonds is 6. The average Bonchev–Trinajstić information content (AvgIpc) is 2.49. The summed E-state index contributed by atoms with van der Waals surface area (Å²) in [6, 6.07) is 13.8. The lowest BCUT2D eigenvalue weighted by molar-refractivity contribution is 0.370. The molecule has 0 spiro atoms. The Bertz CT molecular complexity index is 579. The number of methoxy groups -OCH3 is 1. The maximum Gasteiger partial charge on any atom is 0.161 e. The number of allylic oxidation sites excluding steroid dienone is 1. The molecule has 3 heteroatoms. The number of phenols is 1. The molecule has 0 amide bonds. The van der Waals surface area contributed by atoms with Crippen molar-refractivity contribution >= 4 is 5.69 Å². The first-order valence-electron chi connectivity index (χ1n) is 6.53. The van der Waals surface area contributed by atoms with E-state index in [1.807, 2.05) is 42.5 Å². The molecule has 0 saturated heterocycles. The molecule has 20 heavy (non-hydrogen) atoms. The van der Waals surface area contributed by atoms with Crippen LogP contribution in [0.5, 0.6) is 11.5 Å². The molecule has 104 valence electrons. The Morgan fingerprint density at radius 1 is 1.25 bits per heavy atom. The monoisotopic (exact) mass is 269 g/mol. The fourth-order valence-electron chi connectivity index (χ4n) is 2.06. The van der Waals surface area contributed by atoms with E-state index in [4.69, 9.17) is 4.74 Å². The molecule has 0 atom stereocenters. The first kappa shape index (κ1) is 14.0. The molecule has 0 aliphatic rings. The van der Waals surface area contributed by atoms with Crippen LogP contribution in [0.25, 0.3) is 0 Å². The van der Waals surface area contributed by atoms with Crippen molar-refractivity contribution in [3.05, 3.63) is 66.2 Å². The van der Waals surface area contributed by atoms with Gasteiger partial charge in [-0.25, -0.2) is 0 Å². The summed E-state index contributed by atoms with van der Waals surface area (Å²) < 4.78 is 5.21. The molecular formula is C17H19NO2. The summed E-state index contributed by atoms with van der Waals surface area (Å²) in [7, 11) is 1.56. The van der Waals surface area contributed by atoms with Crippen molar-refractivity contribution in [2.24, 2.45) is 0 Å². The molecule has 0 heterocycles. The van der Waals surface area contributed by atoms with E-state index in [0.717, 1.165) is 16.8 Å². The summed E-state index contributed by atoms with van der Waals surface area (Å²) in [5, 5.41) is 13.4. The van der Waals surface area contributed by atoms with Crippen molar-refractivity contribution in [1.82, 2.24) is 0 Å². The Labute approximate surface area is 119 Å². The van der Waals surface area contributed by atoms with E-state index in [-0.39, 0.29) is 5.75 Å². The number of aromatic hydroxyl groups is 1. The predicted octanol–water partition coefficient (Wildman–Crippen LogP) is 3.74. The maximum atomic E-state index is 10.0. The highest BCUT2D eigenvalue weighted by molar-refractivity contribution is 5.50. The van der Waals surface area contributed by atoms with Gasteiger partial charge in [0.15, 0.2) is 11.5 Å². The van der Waals surface area contributed by atoms with Crippen molar-refractivity contribution in [2.75, 3.05) is 12.4 Å². The fraction of sp³-hybridized carbons (Fsp3) is 0.176. The van der Waals surface area contributed by atoms with Crippen LogP contribution in [-0.4, -0.2) is 12.2 Å². The number of hydrogen-bond donors (Lipinski definition) is 2. The number of para-hydroxylation sites is 1. The Hall–Kier alpha value is -2.42. The third kappa shape index (κ3) is 3.32. The second-order valence-electron chi connectivity index (χ2n) is 4.52. The molecule has 0 saturated carbocycles. The van der Waals surface area contributed by atoms with Gasteiger partial charge in [0.2, 0.25) is 0 Å². The molecule has 0 unspecified atom stereocenters. The zero-order valence-electron chi connectivity index (χ0n) is 11.6. The van der Waals surface area contributed by atoms with Crippen LogP contribution in [0.15, 0.2) is 55.1 Å². The number of benzene rings is 2. The van der Waals surface area contributed by atoms with Crippen LogP contribution in [-0.2, 0) is 13.0 Å². The first-order chi connectivity index (χ1) is 9.74. The molecule has 0 bridgehead atoms. The lowest BCUT2D eigenvalue weighted by atomic mass is 10.1. The molecule has 2 aromatic rings. The molecule has 2 rings (SSSR count). The van der Waals surface area contributed by atoms with E-state index in [1.165, 1.54) is 0 Å². The molecule has 0 aliphatic carbocycles. The van der Waals surface area contributed by atoms with Crippen LogP contribution >= 0.6 is 0 Å². The van der Waals surface area contributed by atoms with Gasteiger partial charge in [0, 0.05) is 17.8 Å². The van der Waals surface area contributed by atoms with Crippen LogP contribution in [0, 0.1) is 0 Å².